The van der Waals surface area contributed by atoms with E-state index in [0.29, 0.717) is 25.6 Å². The summed E-state index contributed by atoms with van der Waals surface area (Å²) in [6.07, 6.45) is 6.82. The van der Waals surface area contributed by atoms with Gasteiger partial charge in [-0.25, -0.2) is 0 Å². The van der Waals surface area contributed by atoms with Crippen LogP contribution in [0, 0.1) is 11.8 Å². The van der Waals surface area contributed by atoms with Crippen molar-refractivity contribution in [1.29, 1.82) is 0 Å². The van der Waals surface area contributed by atoms with Gasteiger partial charge in [-0.05, 0) is 56.7 Å². The molecule has 1 N–H and O–H groups in total. The Hall–Kier alpha value is -2.19. The maximum atomic E-state index is 12.3. The number of carbonyl (C=O) groups is 2. The quantitative estimate of drug-likeness (QED) is 0.624. The van der Waals surface area contributed by atoms with Gasteiger partial charge in [-0.3, -0.25) is 14.4 Å². The Morgan fingerprint density at radius 1 is 1.06 bits per heavy atom. The van der Waals surface area contributed by atoms with Gasteiger partial charge in [0.05, 0.1) is 6.10 Å². The highest BCUT2D eigenvalue weighted by Gasteiger charge is 2.31. The second-order valence-electron chi connectivity index (χ2n) is 9.21. The van der Waals surface area contributed by atoms with Gasteiger partial charge in [0.2, 0.25) is 11.8 Å². The van der Waals surface area contributed by atoms with E-state index in [4.69, 9.17) is 4.74 Å². The summed E-state index contributed by atoms with van der Waals surface area (Å²) in [6.45, 7) is 5.67. The Kier molecular flexibility index (Phi) is 7.40. The lowest BCUT2D eigenvalue weighted by molar-refractivity contribution is -0.150. The molecule has 8 nitrogen and oxygen atoms in total. The largest absolute Gasteiger partial charge is 0.365 e. The maximum absolute atomic E-state index is 12.3. The molecular formula is C23H34N4O4. The van der Waals surface area contributed by atoms with E-state index in [1.54, 1.807) is 18.3 Å². The monoisotopic (exact) mass is 430 g/mol. The number of rotatable bonds is 9. The van der Waals surface area contributed by atoms with Crippen molar-refractivity contribution in [2.45, 2.75) is 44.8 Å². The standard InChI is InChI=1S/C23H34N4O4/c28-21(8-12-26-9-2-1-3-22(26)29)24-13-20-16-27(23(30)17-31-20)15-19-6-10-25(11-7-19)14-18-4-5-18/h1-3,9,18-20H,4-8,10-17H2,(H,24,28). The van der Waals surface area contributed by atoms with Crippen molar-refractivity contribution in [3.8, 4) is 0 Å². The van der Waals surface area contributed by atoms with Crippen molar-refractivity contribution in [2.24, 2.45) is 11.8 Å². The van der Waals surface area contributed by atoms with Crippen LogP contribution in [-0.2, 0) is 20.9 Å². The summed E-state index contributed by atoms with van der Waals surface area (Å²) in [7, 11) is 0. The van der Waals surface area contributed by atoms with Crippen LogP contribution in [-0.4, -0.2) is 78.2 Å². The van der Waals surface area contributed by atoms with Crippen molar-refractivity contribution in [3.05, 3.63) is 34.7 Å². The van der Waals surface area contributed by atoms with E-state index >= 15 is 0 Å². The average molecular weight is 431 g/mol. The Morgan fingerprint density at radius 2 is 1.84 bits per heavy atom. The Labute approximate surface area is 183 Å². The molecule has 3 aliphatic rings. The Balaban J connectivity index is 1.16. The molecule has 0 aromatic carbocycles. The van der Waals surface area contributed by atoms with Crippen LogP contribution in [0.4, 0.5) is 0 Å². The van der Waals surface area contributed by atoms with E-state index in [9.17, 15) is 14.4 Å². The van der Waals surface area contributed by atoms with Gasteiger partial charge >= 0.3 is 0 Å². The van der Waals surface area contributed by atoms with Gasteiger partial charge in [0, 0.05) is 51.4 Å². The fourth-order valence-corrected chi connectivity index (χ4v) is 4.49. The maximum Gasteiger partial charge on any atom is 0.250 e. The van der Waals surface area contributed by atoms with E-state index in [2.05, 4.69) is 10.2 Å². The van der Waals surface area contributed by atoms with Gasteiger partial charge in [0.15, 0.2) is 0 Å². The third-order valence-electron chi connectivity index (χ3n) is 6.62. The first-order chi connectivity index (χ1) is 15.1. The number of morpholine rings is 1. The molecule has 3 heterocycles. The minimum absolute atomic E-state index is 0.0476. The number of nitrogens with zero attached hydrogens (tertiary/aromatic N) is 3. The summed E-state index contributed by atoms with van der Waals surface area (Å²) < 4.78 is 7.16. The molecule has 0 radical (unpaired) electrons. The molecule has 2 saturated heterocycles. The molecule has 8 heteroatoms. The fourth-order valence-electron chi connectivity index (χ4n) is 4.49. The van der Waals surface area contributed by atoms with Gasteiger partial charge in [-0.2, -0.15) is 0 Å². The van der Waals surface area contributed by atoms with Crippen molar-refractivity contribution in [1.82, 2.24) is 19.7 Å². The van der Waals surface area contributed by atoms with Crippen LogP contribution in [0.15, 0.2) is 29.2 Å². The zero-order valence-electron chi connectivity index (χ0n) is 18.2. The van der Waals surface area contributed by atoms with Crippen LogP contribution in [0.25, 0.3) is 0 Å². The lowest BCUT2D eigenvalue weighted by Crippen LogP contribution is -2.52. The first kappa shape index (κ1) is 22.0. The molecule has 0 bridgehead atoms. The lowest BCUT2D eigenvalue weighted by Gasteiger charge is -2.38. The normalized spacial score (nSPS) is 23.2. The minimum atomic E-state index is -0.184. The summed E-state index contributed by atoms with van der Waals surface area (Å²) in [5, 5.41) is 2.89. The van der Waals surface area contributed by atoms with Gasteiger partial charge in [0.1, 0.15) is 6.61 Å². The van der Waals surface area contributed by atoms with E-state index in [-0.39, 0.29) is 36.5 Å². The molecule has 170 valence electrons. The Bertz CT molecular complexity index is 814. The van der Waals surface area contributed by atoms with Crippen molar-refractivity contribution in [3.63, 3.8) is 0 Å². The molecule has 31 heavy (non-hydrogen) atoms. The number of ether oxygens (including phenoxy) is 1. The predicted molar refractivity (Wildman–Crippen MR) is 117 cm³/mol. The number of pyridine rings is 1. The summed E-state index contributed by atoms with van der Waals surface area (Å²) in [5.74, 6) is 1.41. The zero-order valence-corrected chi connectivity index (χ0v) is 18.2. The minimum Gasteiger partial charge on any atom is -0.365 e. The number of aryl methyl sites for hydroxylation is 1. The van der Waals surface area contributed by atoms with Crippen molar-refractivity contribution in [2.75, 3.05) is 45.9 Å². The predicted octanol–water partition coefficient (Wildman–Crippen LogP) is 0.704. The number of likely N-dealkylation sites (tertiary alicyclic amines) is 1. The molecule has 3 fully saturated rings. The van der Waals surface area contributed by atoms with Crippen molar-refractivity contribution >= 4 is 11.8 Å². The van der Waals surface area contributed by atoms with Crippen LogP contribution in [0.5, 0.6) is 0 Å². The van der Waals surface area contributed by atoms with Crippen LogP contribution < -0.4 is 10.9 Å². The summed E-state index contributed by atoms with van der Waals surface area (Å²) in [5.41, 5.74) is -0.113. The summed E-state index contributed by atoms with van der Waals surface area (Å²) in [6, 6.07) is 4.94. The molecule has 1 unspecified atom stereocenters. The van der Waals surface area contributed by atoms with E-state index in [1.807, 2.05) is 4.90 Å². The molecule has 1 atom stereocenters. The summed E-state index contributed by atoms with van der Waals surface area (Å²) in [4.78, 5) is 40.7. The third kappa shape index (κ3) is 6.64. The van der Waals surface area contributed by atoms with Crippen LogP contribution >= 0.6 is 0 Å². The SMILES string of the molecule is O=C(CCn1ccccc1=O)NCC1CN(CC2CCN(CC3CC3)CC2)C(=O)CO1. The number of piperidine rings is 1. The second kappa shape index (κ2) is 10.4. The number of hydrogen-bond acceptors (Lipinski definition) is 5. The van der Waals surface area contributed by atoms with E-state index in [0.717, 1.165) is 38.4 Å². The van der Waals surface area contributed by atoms with E-state index < -0.39 is 0 Å². The summed E-state index contributed by atoms with van der Waals surface area (Å²) >= 11 is 0. The molecule has 1 aromatic rings. The Morgan fingerprint density at radius 3 is 2.58 bits per heavy atom. The molecule has 2 aliphatic heterocycles. The molecule has 2 amide bonds. The number of nitrogens with one attached hydrogen (secondary N) is 1. The van der Waals surface area contributed by atoms with Crippen molar-refractivity contribution < 1.29 is 14.3 Å². The molecular weight excluding hydrogens is 396 g/mol. The fraction of sp³-hybridized carbons (Fsp3) is 0.696. The van der Waals surface area contributed by atoms with Gasteiger partial charge in [0.25, 0.3) is 5.56 Å². The van der Waals surface area contributed by atoms with E-state index in [1.165, 1.54) is 30.0 Å². The van der Waals surface area contributed by atoms with Gasteiger partial charge < -0.3 is 24.4 Å². The molecule has 1 saturated carbocycles. The number of hydrogen-bond donors (Lipinski definition) is 1. The van der Waals surface area contributed by atoms with Gasteiger partial charge in [-0.15, -0.1) is 0 Å². The number of aromatic nitrogens is 1. The lowest BCUT2D eigenvalue weighted by atomic mass is 9.95. The van der Waals surface area contributed by atoms with Crippen LogP contribution in [0.1, 0.15) is 32.1 Å². The average Bonchev–Trinajstić information content (AvgIpc) is 3.59. The molecule has 4 rings (SSSR count). The zero-order chi connectivity index (χ0) is 21.6. The second-order valence-corrected chi connectivity index (χ2v) is 9.21. The highest BCUT2D eigenvalue weighted by Crippen LogP contribution is 2.31. The number of carbonyl (C=O) groups excluding carboxylic acids is 2. The molecule has 1 aromatic heterocycles. The van der Waals surface area contributed by atoms with Crippen LogP contribution in [0.3, 0.4) is 0 Å². The van der Waals surface area contributed by atoms with Gasteiger partial charge in [-0.1, -0.05) is 6.07 Å². The molecule has 0 spiro atoms. The first-order valence-corrected chi connectivity index (χ1v) is 11.6. The highest BCUT2D eigenvalue weighted by atomic mass is 16.5. The topological polar surface area (TPSA) is 83.9 Å². The third-order valence-corrected chi connectivity index (χ3v) is 6.62. The molecule has 1 aliphatic carbocycles. The van der Waals surface area contributed by atoms with Crippen LogP contribution in [0.2, 0.25) is 0 Å². The smallest absolute Gasteiger partial charge is 0.250 e. The first-order valence-electron chi connectivity index (χ1n) is 11.6. The highest BCUT2D eigenvalue weighted by molar-refractivity contribution is 5.78. The number of amides is 2.